The Balaban J connectivity index is 2.76. The molecule has 1 aromatic rings. The van der Waals surface area contributed by atoms with Gasteiger partial charge in [-0.15, -0.1) is 0 Å². The van der Waals surface area contributed by atoms with Crippen LogP contribution in [-0.4, -0.2) is 17.8 Å². The summed E-state index contributed by atoms with van der Waals surface area (Å²) in [5.41, 5.74) is 0.857. The molecule has 1 rings (SSSR count). The topological polar surface area (TPSA) is 56.0 Å². The summed E-state index contributed by atoms with van der Waals surface area (Å²) in [6.07, 6.45) is 0.627. The number of aliphatic hydroxyl groups excluding tert-OH is 1. The Morgan fingerprint density at radius 2 is 2.18 bits per heavy atom. The van der Waals surface area contributed by atoms with E-state index in [9.17, 15) is 4.39 Å². The number of hydrogen-bond acceptors (Lipinski definition) is 3. The second kappa shape index (κ2) is 6.33. The van der Waals surface area contributed by atoms with Crippen molar-refractivity contribution in [3.05, 3.63) is 35.1 Å². The van der Waals surface area contributed by atoms with Gasteiger partial charge in [-0.2, -0.15) is 5.26 Å². The molecule has 17 heavy (non-hydrogen) atoms. The molecule has 0 heterocycles. The van der Waals surface area contributed by atoms with Crippen LogP contribution in [0.3, 0.4) is 0 Å². The smallest absolute Gasteiger partial charge is 0.129 e. The molecule has 3 nitrogen and oxygen atoms in total. The van der Waals surface area contributed by atoms with E-state index in [0.717, 1.165) is 0 Å². The maximum Gasteiger partial charge on any atom is 0.129 e. The largest absolute Gasteiger partial charge is 0.396 e. The van der Waals surface area contributed by atoms with Gasteiger partial charge in [0.15, 0.2) is 0 Å². The molecule has 0 spiro atoms. The highest BCUT2D eigenvalue weighted by Crippen LogP contribution is 2.18. The minimum Gasteiger partial charge on any atom is -0.396 e. The van der Waals surface area contributed by atoms with Crippen molar-refractivity contribution in [3.63, 3.8) is 0 Å². The number of halogens is 1. The highest BCUT2D eigenvalue weighted by molar-refractivity contribution is 5.34. The number of nitrogens with one attached hydrogen (secondary N) is 1. The summed E-state index contributed by atoms with van der Waals surface area (Å²) in [4.78, 5) is 0. The van der Waals surface area contributed by atoms with Crippen molar-refractivity contribution in [1.29, 1.82) is 5.26 Å². The molecule has 0 aliphatic heterocycles. The molecule has 2 N–H and O–H groups in total. The van der Waals surface area contributed by atoms with Gasteiger partial charge in [0.1, 0.15) is 5.82 Å². The quantitative estimate of drug-likeness (QED) is 0.823. The zero-order chi connectivity index (χ0) is 12.8. The zero-order valence-corrected chi connectivity index (χ0v) is 10.1. The van der Waals surface area contributed by atoms with Crippen LogP contribution in [-0.2, 0) is 0 Å². The molecule has 0 aliphatic rings. The summed E-state index contributed by atoms with van der Waals surface area (Å²) in [6.45, 7) is 3.91. The summed E-state index contributed by atoms with van der Waals surface area (Å²) >= 11 is 0. The van der Waals surface area contributed by atoms with Crippen molar-refractivity contribution >= 4 is 0 Å². The first-order valence-electron chi connectivity index (χ1n) is 5.65. The molecule has 0 amide bonds. The van der Waals surface area contributed by atoms with E-state index in [4.69, 9.17) is 10.4 Å². The average molecular weight is 236 g/mol. The second-order valence-corrected chi connectivity index (χ2v) is 4.15. The van der Waals surface area contributed by atoms with E-state index >= 15 is 0 Å². The highest BCUT2D eigenvalue weighted by atomic mass is 19.1. The Labute approximate surface area is 101 Å². The number of rotatable bonds is 5. The lowest BCUT2D eigenvalue weighted by molar-refractivity contribution is 0.264. The lowest BCUT2D eigenvalue weighted by atomic mass is 10.0. The van der Waals surface area contributed by atoms with Crippen molar-refractivity contribution < 1.29 is 9.50 Å². The van der Waals surface area contributed by atoms with Crippen molar-refractivity contribution in [1.82, 2.24) is 5.32 Å². The number of nitriles is 1. The van der Waals surface area contributed by atoms with Gasteiger partial charge in [-0.3, -0.25) is 0 Å². The van der Waals surface area contributed by atoms with E-state index in [1.54, 1.807) is 12.1 Å². The minimum atomic E-state index is -0.375. The van der Waals surface area contributed by atoms with Crippen LogP contribution in [0, 0.1) is 17.1 Å². The standard InChI is InChI=1S/C13H17FN2O/c1-9(5-6-17)16-10(2)12-4-3-11(8-15)7-13(12)14/h3-4,7,9-10,16-17H,5-6H2,1-2H3. The predicted molar refractivity (Wildman–Crippen MR) is 63.8 cm³/mol. The lowest BCUT2D eigenvalue weighted by Crippen LogP contribution is -2.30. The van der Waals surface area contributed by atoms with Crippen molar-refractivity contribution in [3.8, 4) is 6.07 Å². The maximum atomic E-state index is 13.7. The monoisotopic (exact) mass is 236 g/mol. The van der Waals surface area contributed by atoms with Crippen LogP contribution >= 0.6 is 0 Å². The fourth-order valence-corrected chi connectivity index (χ4v) is 1.74. The number of benzene rings is 1. The summed E-state index contributed by atoms with van der Waals surface area (Å²) in [5, 5.41) is 20.6. The molecular formula is C13H17FN2O. The molecule has 0 radical (unpaired) electrons. The third-order valence-electron chi connectivity index (χ3n) is 2.69. The minimum absolute atomic E-state index is 0.108. The molecule has 2 atom stereocenters. The van der Waals surface area contributed by atoms with E-state index in [1.807, 2.05) is 19.9 Å². The Bertz CT molecular complexity index is 414. The number of nitrogens with zero attached hydrogens (tertiary/aromatic N) is 1. The fourth-order valence-electron chi connectivity index (χ4n) is 1.74. The van der Waals surface area contributed by atoms with Crippen LogP contribution in [0.5, 0.6) is 0 Å². The normalized spacial score (nSPS) is 14.1. The van der Waals surface area contributed by atoms with E-state index < -0.39 is 0 Å². The Morgan fingerprint density at radius 1 is 1.47 bits per heavy atom. The molecule has 0 aliphatic carbocycles. The molecule has 0 saturated carbocycles. The zero-order valence-electron chi connectivity index (χ0n) is 10.1. The fraction of sp³-hybridized carbons (Fsp3) is 0.462. The predicted octanol–water partition coefficient (Wildman–Crippen LogP) is 2.12. The molecule has 0 saturated heterocycles. The van der Waals surface area contributed by atoms with Gasteiger partial charge >= 0.3 is 0 Å². The van der Waals surface area contributed by atoms with Crippen molar-refractivity contribution in [2.75, 3.05) is 6.61 Å². The van der Waals surface area contributed by atoms with Crippen LogP contribution < -0.4 is 5.32 Å². The van der Waals surface area contributed by atoms with Gasteiger partial charge in [0, 0.05) is 24.3 Å². The van der Waals surface area contributed by atoms with E-state index in [2.05, 4.69) is 5.32 Å². The molecule has 1 aromatic carbocycles. The third kappa shape index (κ3) is 3.81. The van der Waals surface area contributed by atoms with Crippen molar-refractivity contribution in [2.45, 2.75) is 32.4 Å². The van der Waals surface area contributed by atoms with E-state index in [0.29, 0.717) is 17.5 Å². The van der Waals surface area contributed by atoms with Crippen LogP contribution in [0.25, 0.3) is 0 Å². The Kier molecular flexibility index (Phi) is 5.08. The first-order valence-corrected chi connectivity index (χ1v) is 5.65. The molecule has 0 aromatic heterocycles. The molecule has 0 fully saturated rings. The summed E-state index contributed by atoms with van der Waals surface area (Å²) in [5.74, 6) is -0.375. The first kappa shape index (κ1) is 13.6. The third-order valence-corrected chi connectivity index (χ3v) is 2.69. The second-order valence-electron chi connectivity index (χ2n) is 4.15. The molecule has 4 heteroatoms. The molecule has 92 valence electrons. The van der Waals surface area contributed by atoms with Gasteiger partial charge in [0.25, 0.3) is 0 Å². The Morgan fingerprint density at radius 3 is 2.71 bits per heavy atom. The van der Waals surface area contributed by atoms with Gasteiger partial charge in [0.2, 0.25) is 0 Å². The first-order chi connectivity index (χ1) is 8.08. The summed E-state index contributed by atoms with van der Waals surface area (Å²) in [7, 11) is 0. The molecule has 0 bridgehead atoms. The molecular weight excluding hydrogens is 219 g/mol. The number of hydrogen-bond donors (Lipinski definition) is 2. The van der Waals surface area contributed by atoms with Crippen LogP contribution in [0.2, 0.25) is 0 Å². The van der Waals surface area contributed by atoms with Crippen molar-refractivity contribution in [2.24, 2.45) is 0 Å². The van der Waals surface area contributed by atoms with Gasteiger partial charge in [-0.25, -0.2) is 4.39 Å². The molecule has 2 unspecified atom stereocenters. The lowest BCUT2D eigenvalue weighted by Gasteiger charge is -2.20. The van der Waals surface area contributed by atoms with Gasteiger partial charge < -0.3 is 10.4 Å². The van der Waals surface area contributed by atoms with Gasteiger partial charge in [-0.05, 0) is 32.4 Å². The van der Waals surface area contributed by atoms with Gasteiger partial charge in [-0.1, -0.05) is 6.07 Å². The summed E-state index contributed by atoms with van der Waals surface area (Å²) in [6, 6.07) is 6.34. The highest BCUT2D eigenvalue weighted by Gasteiger charge is 2.13. The van der Waals surface area contributed by atoms with Crippen LogP contribution in [0.1, 0.15) is 37.4 Å². The van der Waals surface area contributed by atoms with E-state index in [-0.39, 0.29) is 24.5 Å². The van der Waals surface area contributed by atoms with Crippen LogP contribution in [0.4, 0.5) is 4.39 Å². The maximum absolute atomic E-state index is 13.7. The Hall–Kier alpha value is -1.44. The summed E-state index contributed by atoms with van der Waals surface area (Å²) < 4.78 is 13.7. The van der Waals surface area contributed by atoms with Crippen LogP contribution in [0.15, 0.2) is 18.2 Å². The van der Waals surface area contributed by atoms with E-state index in [1.165, 1.54) is 6.07 Å². The average Bonchev–Trinajstić information content (AvgIpc) is 2.28. The van der Waals surface area contributed by atoms with Gasteiger partial charge in [0.05, 0.1) is 11.6 Å². The SMILES string of the molecule is CC(CCO)NC(C)c1ccc(C#N)cc1F. The number of aliphatic hydroxyl groups is 1.